The van der Waals surface area contributed by atoms with Gasteiger partial charge in [0.25, 0.3) is 0 Å². The number of hydrogen-bond acceptors (Lipinski definition) is 4. The minimum absolute atomic E-state index is 0.0735. The molecule has 7 heteroatoms. The van der Waals surface area contributed by atoms with E-state index in [2.05, 4.69) is 10.3 Å². The molecule has 1 aromatic heterocycles. The lowest BCUT2D eigenvalue weighted by atomic mass is 9.99. The monoisotopic (exact) mass is 357 g/mol. The number of anilines is 1. The Balaban J connectivity index is 1.74. The maximum Gasteiger partial charge on any atom is 0.354 e. The maximum absolute atomic E-state index is 13.1. The lowest BCUT2D eigenvalue weighted by Crippen LogP contribution is -2.48. The van der Waals surface area contributed by atoms with Crippen molar-refractivity contribution in [2.24, 2.45) is 0 Å². The summed E-state index contributed by atoms with van der Waals surface area (Å²) in [7, 11) is 0. The average Bonchev–Trinajstić information content (AvgIpc) is 2.64. The molecular formula is C19H20FN3O3. The Bertz CT molecular complexity index is 810. The Kier molecular flexibility index (Phi) is 5.16. The number of aromatic carboxylic acids is 1. The zero-order valence-corrected chi connectivity index (χ0v) is 14.4. The van der Waals surface area contributed by atoms with Crippen molar-refractivity contribution in [3.8, 4) is 0 Å². The molecule has 1 aromatic carbocycles. The van der Waals surface area contributed by atoms with E-state index in [4.69, 9.17) is 5.11 Å². The van der Waals surface area contributed by atoms with Crippen LogP contribution in [0, 0.1) is 5.82 Å². The van der Waals surface area contributed by atoms with Crippen LogP contribution < -0.4 is 5.32 Å². The molecule has 0 radical (unpaired) electrons. The van der Waals surface area contributed by atoms with Crippen LogP contribution in [0.4, 0.5) is 10.2 Å². The van der Waals surface area contributed by atoms with E-state index in [9.17, 15) is 14.0 Å². The summed E-state index contributed by atoms with van der Waals surface area (Å²) in [5.74, 6) is -1.14. The number of carbonyl (C=O) groups excluding carboxylic acids is 1. The molecule has 2 unspecified atom stereocenters. The summed E-state index contributed by atoms with van der Waals surface area (Å²) >= 11 is 0. The summed E-state index contributed by atoms with van der Waals surface area (Å²) in [4.78, 5) is 29.7. The number of likely N-dealkylation sites (tertiary alicyclic amines) is 1. The topological polar surface area (TPSA) is 82.5 Å². The van der Waals surface area contributed by atoms with Crippen molar-refractivity contribution < 1.29 is 19.1 Å². The van der Waals surface area contributed by atoms with Gasteiger partial charge < -0.3 is 15.3 Å². The fourth-order valence-electron chi connectivity index (χ4n) is 3.15. The Morgan fingerprint density at radius 1 is 1.31 bits per heavy atom. The van der Waals surface area contributed by atoms with Gasteiger partial charge in [-0.2, -0.15) is 0 Å². The molecule has 3 rings (SSSR count). The van der Waals surface area contributed by atoms with E-state index in [1.807, 2.05) is 6.92 Å². The number of hydrogen-bond donors (Lipinski definition) is 2. The van der Waals surface area contributed by atoms with Crippen LogP contribution in [0.3, 0.4) is 0 Å². The molecule has 1 aliphatic heterocycles. The van der Waals surface area contributed by atoms with E-state index in [-0.39, 0.29) is 23.5 Å². The first-order chi connectivity index (χ1) is 12.5. The summed E-state index contributed by atoms with van der Waals surface area (Å²) in [5.41, 5.74) is 0.793. The second-order valence-electron chi connectivity index (χ2n) is 6.31. The highest BCUT2D eigenvalue weighted by Crippen LogP contribution is 2.26. The van der Waals surface area contributed by atoms with Crippen molar-refractivity contribution in [2.75, 3.05) is 11.9 Å². The van der Waals surface area contributed by atoms with Gasteiger partial charge in [-0.15, -0.1) is 0 Å². The third-order valence-corrected chi connectivity index (χ3v) is 4.58. The second-order valence-corrected chi connectivity index (χ2v) is 6.31. The highest BCUT2D eigenvalue weighted by Gasteiger charge is 2.32. The summed E-state index contributed by atoms with van der Waals surface area (Å²) < 4.78 is 13.1. The lowest BCUT2D eigenvalue weighted by molar-refractivity contribution is -0.136. The molecule has 0 bridgehead atoms. The van der Waals surface area contributed by atoms with E-state index >= 15 is 0 Å². The summed E-state index contributed by atoms with van der Waals surface area (Å²) in [6.07, 6.45) is 1.46. The number of carboxylic acids is 1. The van der Waals surface area contributed by atoms with Crippen molar-refractivity contribution in [2.45, 2.75) is 31.8 Å². The van der Waals surface area contributed by atoms with Crippen LogP contribution in [0.1, 0.15) is 41.9 Å². The summed E-state index contributed by atoms with van der Waals surface area (Å²) in [5, 5.41) is 12.1. The fraction of sp³-hybridized carbons (Fsp3) is 0.316. The largest absolute Gasteiger partial charge is 0.477 e. The zero-order chi connectivity index (χ0) is 18.7. The van der Waals surface area contributed by atoms with Gasteiger partial charge in [0.2, 0.25) is 5.91 Å². The summed E-state index contributed by atoms with van der Waals surface area (Å²) in [6.45, 7) is 2.54. The van der Waals surface area contributed by atoms with Crippen molar-refractivity contribution in [3.05, 3.63) is 59.5 Å². The van der Waals surface area contributed by atoms with Crippen LogP contribution in [0.5, 0.6) is 0 Å². The molecule has 2 aromatic rings. The van der Waals surface area contributed by atoms with E-state index < -0.39 is 12.0 Å². The average molecular weight is 357 g/mol. The molecule has 2 N–H and O–H groups in total. The normalized spacial score (nSPS) is 18.5. The van der Waals surface area contributed by atoms with Crippen molar-refractivity contribution in [1.82, 2.24) is 9.88 Å². The minimum Gasteiger partial charge on any atom is -0.477 e. The van der Waals surface area contributed by atoms with E-state index in [0.29, 0.717) is 18.8 Å². The second kappa shape index (κ2) is 7.51. The van der Waals surface area contributed by atoms with Gasteiger partial charge in [-0.1, -0.05) is 18.2 Å². The van der Waals surface area contributed by atoms with Crippen LogP contribution in [-0.4, -0.2) is 39.5 Å². The zero-order valence-electron chi connectivity index (χ0n) is 14.4. The van der Waals surface area contributed by atoms with E-state index in [0.717, 1.165) is 12.0 Å². The highest BCUT2D eigenvalue weighted by atomic mass is 19.1. The molecule has 1 fully saturated rings. The SMILES string of the molecule is CC(c1ccc(F)cc1)N1CCCC(Nc2cccc(C(=O)O)n2)C1=O. The number of nitrogens with zero attached hydrogens (tertiary/aromatic N) is 2. The number of halogens is 1. The minimum atomic E-state index is -1.12. The van der Waals surface area contributed by atoms with Gasteiger partial charge in [0, 0.05) is 6.54 Å². The van der Waals surface area contributed by atoms with E-state index in [1.165, 1.54) is 18.2 Å². The quantitative estimate of drug-likeness (QED) is 0.859. The molecular weight excluding hydrogens is 337 g/mol. The molecule has 0 aliphatic carbocycles. The highest BCUT2D eigenvalue weighted by molar-refractivity contribution is 5.87. The lowest BCUT2D eigenvalue weighted by Gasteiger charge is -2.37. The predicted molar refractivity (Wildman–Crippen MR) is 94.4 cm³/mol. The number of amides is 1. The van der Waals surface area contributed by atoms with Gasteiger partial charge in [-0.3, -0.25) is 4.79 Å². The first-order valence-corrected chi connectivity index (χ1v) is 8.48. The van der Waals surface area contributed by atoms with Crippen molar-refractivity contribution >= 4 is 17.7 Å². The number of piperidine rings is 1. The third kappa shape index (κ3) is 3.82. The van der Waals surface area contributed by atoms with Gasteiger partial charge in [-0.05, 0) is 49.6 Å². The number of nitrogens with one attached hydrogen (secondary N) is 1. The Morgan fingerprint density at radius 2 is 2.04 bits per heavy atom. The fourth-order valence-corrected chi connectivity index (χ4v) is 3.15. The predicted octanol–water partition coefficient (Wildman–Crippen LogP) is 3.08. The molecule has 2 atom stereocenters. The third-order valence-electron chi connectivity index (χ3n) is 4.58. The number of carboxylic acid groups (broad SMARTS) is 1. The number of carbonyl (C=O) groups is 2. The smallest absolute Gasteiger partial charge is 0.354 e. The molecule has 0 spiro atoms. The first kappa shape index (κ1) is 17.8. The van der Waals surface area contributed by atoms with E-state index in [1.54, 1.807) is 29.2 Å². The number of benzene rings is 1. The standard InChI is InChI=1S/C19H20FN3O3/c1-12(13-7-9-14(20)10-8-13)23-11-3-5-15(18(23)24)21-17-6-2-4-16(22-17)19(25)26/h2,4,6-10,12,15H,3,5,11H2,1H3,(H,21,22)(H,25,26). The first-order valence-electron chi connectivity index (χ1n) is 8.48. The molecule has 1 aliphatic rings. The molecule has 0 saturated carbocycles. The Labute approximate surface area is 150 Å². The van der Waals surface area contributed by atoms with Crippen LogP contribution in [0.2, 0.25) is 0 Å². The maximum atomic E-state index is 13.1. The number of rotatable bonds is 5. The van der Waals surface area contributed by atoms with Crippen LogP contribution in [0.25, 0.3) is 0 Å². The molecule has 1 saturated heterocycles. The molecule has 26 heavy (non-hydrogen) atoms. The molecule has 2 heterocycles. The Hall–Kier alpha value is -2.96. The van der Waals surface area contributed by atoms with Gasteiger partial charge in [0.1, 0.15) is 17.7 Å². The molecule has 1 amide bonds. The van der Waals surface area contributed by atoms with Gasteiger partial charge >= 0.3 is 5.97 Å². The van der Waals surface area contributed by atoms with Crippen LogP contribution in [0.15, 0.2) is 42.5 Å². The Morgan fingerprint density at radius 3 is 2.73 bits per heavy atom. The summed E-state index contributed by atoms with van der Waals surface area (Å²) in [6, 6.07) is 10.1. The van der Waals surface area contributed by atoms with Crippen molar-refractivity contribution in [1.29, 1.82) is 0 Å². The molecule has 6 nitrogen and oxygen atoms in total. The van der Waals surface area contributed by atoms with Crippen LogP contribution >= 0.6 is 0 Å². The van der Waals surface area contributed by atoms with Crippen molar-refractivity contribution in [3.63, 3.8) is 0 Å². The van der Waals surface area contributed by atoms with Crippen LogP contribution in [-0.2, 0) is 4.79 Å². The number of pyridine rings is 1. The van der Waals surface area contributed by atoms with Gasteiger partial charge in [-0.25, -0.2) is 14.2 Å². The van der Waals surface area contributed by atoms with Gasteiger partial charge in [0.05, 0.1) is 6.04 Å². The molecule has 136 valence electrons. The number of aromatic nitrogens is 1. The van der Waals surface area contributed by atoms with Gasteiger partial charge in [0.15, 0.2) is 5.69 Å².